The maximum Gasteiger partial charge on any atom is 0.312 e. The monoisotopic (exact) mass is 327 g/mol. The topological polar surface area (TPSA) is 72.9 Å². The summed E-state index contributed by atoms with van der Waals surface area (Å²) in [5, 5.41) is 0. The summed E-state index contributed by atoms with van der Waals surface area (Å²) < 4.78 is 32.5. The van der Waals surface area contributed by atoms with Crippen molar-refractivity contribution in [3.8, 4) is 0 Å². The highest BCUT2D eigenvalue weighted by atomic mass is 32.2. The van der Waals surface area contributed by atoms with Crippen LogP contribution < -0.4 is 0 Å². The van der Waals surface area contributed by atoms with Gasteiger partial charge in [0.05, 0.1) is 25.4 Å². The summed E-state index contributed by atoms with van der Waals surface area (Å²) >= 11 is 0. The number of methoxy groups -OCH3 is 1. The first-order valence-electron chi connectivity index (χ1n) is 7.11. The molecule has 1 fully saturated rings. The first-order valence-corrected chi connectivity index (χ1v) is 8.93. The van der Waals surface area contributed by atoms with E-state index >= 15 is 0 Å². The Labute approximate surface area is 131 Å². The van der Waals surface area contributed by atoms with Gasteiger partial charge in [0.1, 0.15) is 0 Å². The van der Waals surface area contributed by atoms with Crippen LogP contribution in [0.3, 0.4) is 0 Å². The molecule has 0 aliphatic carbocycles. The number of ether oxygens (including phenoxy) is 1. The molecule has 1 aliphatic heterocycles. The summed E-state index contributed by atoms with van der Waals surface area (Å²) in [6, 6.07) is 9.92. The molecule has 2 atom stereocenters. The summed E-state index contributed by atoms with van der Waals surface area (Å²) in [6.45, 7) is 1.80. The highest BCUT2D eigenvalue weighted by Gasteiger charge is 2.37. The number of nitrogens with zero attached hydrogens (tertiary/aromatic N) is 1. The standard InChI is InChI=1S/C15H21NO5S/c1-20-15(17)13-11-16(10-12-6-4-3-5-7-12)9-8-14(13)21-22(2,18)19/h3-7,13-14H,8-11H2,1-2H3. The SMILES string of the molecule is COC(=O)C1CN(Cc2ccccc2)CCC1OS(C)(=O)=O. The van der Waals surface area contributed by atoms with Crippen molar-refractivity contribution in [1.29, 1.82) is 0 Å². The Bertz CT molecular complexity index is 602. The van der Waals surface area contributed by atoms with Crippen molar-refractivity contribution in [2.75, 3.05) is 26.5 Å². The third kappa shape index (κ3) is 4.79. The molecule has 2 rings (SSSR count). The maximum absolute atomic E-state index is 11.9. The van der Waals surface area contributed by atoms with Gasteiger partial charge >= 0.3 is 5.97 Å². The van der Waals surface area contributed by atoms with Crippen LogP contribution in [0.4, 0.5) is 0 Å². The van der Waals surface area contributed by atoms with Crippen molar-refractivity contribution in [1.82, 2.24) is 4.90 Å². The predicted octanol–water partition coefficient (Wildman–Crippen LogP) is 1.03. The summed E-state index contributed by atoms with van der Waals surface area (Å²) in [4.78, 5) is 14.0. The van der Waals surface area contributed by atoms with Gasteiger partial charge in [-0.3, -0.25) is 13.9 Å². The molecular weight excluding hydrogens is 306 g/mol. The van der Waals surface area contributed by atoms with Crippen molar-refractivity contribution in [2.45, 2.75) is 19.1 Å². The van der Waals surface area contributed by atoms with E-state index in [9.17, 15) is 13.2 Å². The van der Waals surface area contributed by atoms with Crippen molar-refractivity contribution < 1.29 is 22.1 Å². The van der Waals surface area contributed by atoms with Crippen LogP contribution in [0.5, 0.6) is 0 Å². The fourth-order valence-electron chi connectivity index (χ4n) is 2.70. The molecule has 1 saturated heterocycles. The van der Waals surface area contributed by atoms with Crippen molar-refractivity contribution in [3.63, 3.8) is 0 Å². The Balaban J connectivity index is 2.06. The average Bonchev–Trinajstić information content (AvgIpc) is 2.47. The number of hydrogen-bond donors (Lipinski definition) is 0. The second-order valence-corrected chi connectivity index (χ2v) is 7.08. The zero-order valence-corrected chi connectivity index (χ0v) is 13.6. The molecule has 1 aliphatic rings. The smallest absolute Gasteiger partial charge is 0.312 e. The molecule has 6 nitrogen and oxygen atoms in total. The van der Waals surface area contributed by atoms with E-state index in [0.29, 0.717) is 26.1 Å². The number of rotatable bonds is 5. The number of hydrogen-bond acceptors (Lipinski definition) is 6. The molecular formula is C15H21NO5S. The van der Waals surface area contributed by atoms with E-state index in [-0.39, 0.29) is 0 Å². The van der Waals surface area contributed by atoms with Crippen molar-refractivity contribution in [3.05, 3.63) is 35.9 Å². The minimum absolute atomic E-state index is 0.418. The van der Waals surface area contributed by atoms with Gasteiger partial charge in [-0.2, -0.15) is 8.42 Å². The first-order chi connectivity index (χ1) is 10.4. The van der Waals surface area contributed by atoms with E-state index in [0.717, 1.165) is 11.8 Å². The Kier molecular flexibility index (Phi) is 5.55. The van der Waals surface area contributed by atoms with Crippen LogP contribution in [-0.2, 0) is 30.4 Å². The van der Waals surface area contributed by atoms with Crippen molar-refractivity contribution >= 4 is 16.1 Å². The molecule has 0 bridgehead atoms. The lowest BCUT2D eigenvalue weighted by atomic mass is 9.94. The van der Waals surface area contributed by atoms with E-state index in [4.69, 9.17) is 8.92 Å². The number of likely N-dealkylation sites (tertiary alicyclic amines) is 1. The van der Waals surface area contributed by atoms with Gasteiger partial charge in [0.2, 0.25) is 0 Å². The van der Waals surface area contributed by atoms with E-state index in [1.807, 2.05) is 30.3 Å². The second kappa shape index (κ2) is 7.21. The van der Waals surface area contributed by atoms with Gasteiger partial charge in [0.15, 0.2) is 0 Å². The lowest BCUT2D eigenvalue weighted by Gasteiger charge is -2.36. The molecule has 1 heterocycles. The summed E-state index contributed by atoms with van der Waals surface area (Å²) in [5.41, 5.74) is 1.15. The van der Waals surface area contributed by atoms with Gasteiger partial charge < -0.3 is 4.74 Å². The fourth-order valence-corrected chi connectivity index (χ4v) is 3.38. The normalized spacial score (nSPS) is 23.2. The Hall–Kier alpha value is -1.44. The van der Waals surface area contributed by atoms with Crippen LogP contribution in [-0.4, -0.2) is 51.8 Å². The maximum atomic E-state index is 11.9. The molecule has 0 radical (unpaired) electrons. The molecule has 122 valence electrons. The lowest BCUT2D eigenvalue weighted by Crippen LogP contribution is -2.48. The largest absolute Gasteiger partial charge is 0.469 e. The Morgan fingerprint density at radius 2 is 2.00 bits per heavy atom. The Morgan fingerprint density at radius 3 is 2.59 bits per heavy atom. The molecule has 0 saturated carbocycles. The van der Waals surface area contributed by atoms with Crippen LogP contribution >= 0.6 is 0 Å². The van der Waals surface area contributed by atoms with Gasteiger partial charge in [0, 0.05) is 19.6 Å². The van der Waals surface area contributed by atoms with Gasteiger partial charge in [-0.1, -0.05) is 30.3 Å². The minimum atomic E-state index is -3.60. The van der Waals surface area contributed by atoms with Crippen molar-refractivity contribution in [2.24, 2.45) is 5.92 Å². The minimum Gasteiger partial charge on any atom is -0.469 e. The van der Waals surface area contributed by atoms with Gasteiger partial charge in [0.25, 0.3) is 10.1 Å². The fraction of sp³-hybridized carbons (Fsp3) is 0.533. The highest BCUT2D eigenvalue weighted by molar-refractivity contribution is 7.86. The summed E-state index contributed by atoms with van der Waals surface area (Å²) in [5.74, 6) is -1.04. The quantitative estimate of drug-likeness (QED) is 0.594. The number of carbonyl (C=O) groups excluding carboxylic acids is 1. The number of benzene rings is 1. The molecule has 7 heteroatoms. The second-order valence-electron chi connectivity index (χ2n) is 5.48. The van der Waals surface area contributed by atoms with Gasteiger partial charge in [-0.05, 0) is 12.0 Å². The van der Waals surface area contributed by atoms with E-state index in [1.165, 1.54) is 7.11 Å². The van der Waals surface area contributed by atoms with E-state index in [2.05, 4.69) is 4.90 Å². The molecule has 0 amide bonds. The molecule has 0 spiro atoms. The molecule has 2 unspecified atom stereocenters. The molecule has 1 aromatic carbocycles. The van der Waals surface area contributed by atoms with Crippen LogP contribution in [0.2, 0.25) is 0 Å². The zero-order valence-electron chi connectivity index (χ0n) is 12.8. The third-order valence-corrected chi connectivity index (χ3v) is 4.28. The zero-order chi connectivity index (χ0) is 16.2. The molecule has 0 aromatic heterocycles. The Morgan fingerprint density at radius 1 is 1.32 bits per heavy atom. The van der Waals surface area contributed by atoms with Crippen LogP contribution in [0.15, 0.2) is 30.3 Å². The number of esters is 1. The summed E-state index contributed by atoms with van der Waals surface area (Å²) in [6.07, 6.45) is 0.812. The average molecular weight is 327 g/mol. The van der Waals surface area contributed by atoms with Crippen LogP contribution in [0.1, 0.15) is 12.0 Å². The predicted molar refractivity (Wildman–Crippen MR) is 81.6 cm³/mol. The lowest BCUT2D eigenvalue weighted by molar-refractivity contribution is -0.151. The van der Waals surface area contributed by atoms with E-state index < -0.39 is 28.1 Å². The van der Waals surface area contributed by atoms with Gasteiger partial charge in [-0.25, -0.2) is 0 Å². The van der Waals surface area contributed by atoms with Crippen LogP contribution in [0.25, 0.3) is 0 Å². The summed E-state index contributed by atoms with van der Waals surface area (Å²) in [7, 11) is -2.30. The number of piperidine rings is 1. The molecule has 22 heavy (non-hydrogen) atoms. The van der Waals surface area contributed by atoms with E-state index in [1.54, 1.807) is 0 Å². The highest BCUT2D eigenvalue weighted by Crippen LogP contribution is 2.24. The number of carbonyl (C=O) groups is 1. The van der Waals surface area contributed by atoms with Crippen LogP contribution in [0, 0.1) is 5.92 Å². The molecule has 0 N–H and O–H groups in total. The third-order valence-electron chi connectivity index (χ3n) is 3.68. The molecule has 1 aromatic rings. The van der Waals surface area contributed by atoms with Gasteiger partial charge in [-0.15, -0.1) is 0 Å². The first kappa shape index (κ1) is 16.9.